The Morgan fingerprint density at radius 3 is 2.73 bits per heavy atom. The molecule has 1 unspecified atom stereocenters. The molecule has 2 amide bonds. The molecule has 1 N–H and O–H groups in total. The first-order valence-corrected chi connectivity index (χ1v) is 9.12. The zero-order valence-electron chi connectivity index (χ0n) is 15.4. The van der Waals surface area contributed by atoms with Crippen LogP contribution in [0.2, 0.25) is 0 Å². The second-order valence-corrected chi connectivity index (χ2v) is 7.28. The summed E-state index contributed by atoms with van der Waals surface area (Å²) in [5.41, 5.74) is 2.19. The lowest BCUT2D eigenvalue weighted by Gasteiger charge is -2.18. The van der Waals surface area contributed by atoms with E-state index in [1.807, 2.05) is 41.2 Å². The number of hydrogen-bond donors (Lipinski definition) is 1. The second-order valence-electron chi connectivity index (χ2n) is 7.28. The molecule has 6 heteroatoms. The number of carbonyl (C=O) groups is 2. The van der Waals surface area contributed by atoms with Crippen LogP contribution >= 0.6 is 0 Å². The van der Waals surface area contributed by atoms with Gasteiger partial charge in [-0.05, 0) is 23.1 Å². The highest BCUT2D eigenvalue weighted by molar-refractivity contribution is 5.89. The van der Waals surface area contributed by atoms with Crippen LogP contribution in [-0.2, 0) is 22.7 Å². The lowest BCUT2D eigenvalue weighted by atomic mass is 10.1. The van der Waals surface area contributed by atoms with Crippen molar-refractivity contribution in [1.82, 2.24) is 20.0 Å². The molecular formula is C20H26N4O2. The van der Waals surface area contributed by atoms with Crippen molar-refractivity contribution in [2.45, 2.75) is 33.4 Å². The minimum absolute atomic E-state index is 0.0431. The van der Waals surface area contributed by atoms with Crippen LogP contribution in [-0.4, -0.2) is 39.6 Å². The highest BCUT2D eigenvalue weighted by atomic mass is 16.2. The van der Waals surface area contributed by atoms with Crippen molar-refractivity contribution in [3.05, 3.63) is 53.9 Å². The van der Waals surface area contributed by atoms with Gasteiger partial charge in [0.25, 0.3) is 0 Å². The number of likely N-dealkylation sites (tertiary alicyclic amines) is 1. The molecule has 1 aliphatic heterocycles. The van der Waals surface area contributed by atoms with E-state index in [0.29, 0.717) is 32.0 Å². The van der Waals surface area contributed by atoms with Crippen molar-refractivity contribution in [3.63, 3.8) is 0 Å². The van der Waals surface area contributed by atoms with Crippen molar-refractivity contribution < 1.29 is 9.59 Å². The van der Waals surface area contributed by atoms with Crippen LogP contribution in [0.25, 0.3) is 0 Å². The number of benzene rings is 1. The highest BCUT2D eigenvalue weighted by Crippen LogP contribution is 2.19. The van der Waals surface area contributed by atoms with Gasteiger partial charge in [0.1, 0.15) is 0 Å². The number of hydrogen-bond acceptors (Lipinski definition) is 3. The molecule has 26 heavy (non-hydrogen) atoms. The number of amides is 2. The first kappa shape index (κ1) is 18.2. The van der Waals surface area contributed by atoms with Crippen molar-refractivity contribution in [3.8, 4) is 0 Å². The van der Waals surface area contributed by atoms with E-state index in [2.05, 4.69) is 24.3 Å². The van der Waals surface area contributed by atoms with Gasteiger partial charge in [-0.2, -0.15) is 5.10 Å². The Hall–Kier alpha value is -2.63. The molecule has 1 fully saturated rings. The predicted octanol–water partition coefficient (Wildman–Crippen LogP) is 2.05. The zero-order chi connectivity index (χ0) is 18.5. The lowest BCUT2D eigenvalue weighted by Crippen LogP contribution is -2.34. The topological polar surface area (TPSA) is 67.2 Å². The van der Waals surface area contributed by atoms with Gasteiger partial charge in [0.2, 0.25) is 11.8 Å². The number of rotatable bonds is 7. The molecule has 2 aromatic rings. The van der Waals surface area contributed by atoms with E-state index in [1.54, 1.807) is 11.1 Å². The average molecular weight is 354 g/mol. The van der Waals surface area contributed by atoms with Crippen LogP contribution in [0.3, 0.4) is 0 Å². The third-order valence-corrected chi connectivity index (χ3v) is 4.63. The first-order valence-electron chi connectivity index (χ1n) is 9.12. The fourth-order valence-electron chi connectivity index (χ4n) is 3.34. The van der Waals surface area contributed by atoms with Gasteiger partial charge in [0.05, 0.1) is 12.5 Å². The van der Waals surface area contributed by atoms with Gasteiger partial charge in [-0.3, -0.25) is 14.3 Å². The number of nitrogens with one attached hydrogen (secondary N) is 1. The molecule has 3 rings (SSSR count). The Morgan fingerprint density at radius 1 is 1.27 bits per heavy atom. The summed E-state index contributed by atoms with van der Waals surface area (Å²) in [5, 5.41) is 7.25. The van der Waals surface area contributed by atoms with Crippen molar-refractivity contribution in [2.75, 3.05) is 13.1 Å². The predicted molar refractivity (Wildman–Crippen MR) is 99.1 cm³/mol. The summed E-state index contributed by atoms with van der Waals surface area (Å²) in [6.45, 7) is 6.54. The Labute approximate surface area is 154 Å². The van der Waals surface area contributed by atoms with Crippen LogP contribution in [0.5, 0.6) is 0 Å². The standard InChI is InChI=1S/C20H26N4O2/c1-15(2)12-23-13-18(10-19(23)25)20(26)21-11-16-6-3-4-7-17(16)14-24-9-5-8-22-24/h3-9,15,18H,10-14H2,1-2H3,(H,21,26). The van der Waals surface area contributed by atoms with Crippen LogP contribution in [0.4, 0.5) is 0 Å². The molecule has 0 saturated carbocycles. The zero-order valence-corrected chi connectivity index (χ0v) is 15.4. The quantitative estimate of drug-likeness (QED) is 0.827. The Morgan fingerprint density at radius 2 is 2.04 bits per heavy atom. The summed E-state index contributed by atoms with van der Waals surface area (Å²) in [6, 6.07) is 9.92. The summed E-state index contributed by atoms with van der Waals surface area (Å²) >= 11 is 0. The molecule has 2 heterocycles. The summed E-state index contributed by atoms with van der Waals surface area (Å²) < 4.78 is 1.86. The van der Waals surface area contributed by atoms with Gasteiger partial charge in [-0.15, -0.1) is 0 Å². The average Bonchev–Trinajstić information content (AvgIpc) is 3.24. The van der Waals surface area contributed by atoms with E-state index in [1.165, 1.54) is 0 Å². The van der Waals surface area contributed by atoms with Gasteiger partial charge >= 0.3 is 0 Å². The first-order chi connectivity index (χ1) is 12.5. The Bertz CT molecular complexity index is 755. The van der Waals surface area contributed by atoms with Crippen LogP contribution in [0, 0.1) is 11.8 Å². The molecule has 1 aromatic carbocycles. The van der Waals surface area contributed by atoms with Gasteiger partial charge < -0.3 is 10.2 Å². The number of nitrogens with zero attached hydrogens (tertiary/aromatic N) is 3. The van der Waals surface area contributed by atoms with E-state index in [-0.39, 0.29) is 17.7 Å². The third kappa shape index (κ3) is 4.50. The van der Waals surface area contributed by atoms with Gasteiger partial charge in [0.15, 0.2) is 0 Å². The molecule has 138 valence electrons. The van der Waals surface area contributed by atoms with E-state index >= 15 is 0 Å². The fourth-order valence-corrected chi connectivity index (χ4v) is 3.34. The minimum atomic E-state index is -0.250. The molecule has 0 radical (unpaired) electrons. The van der Waals surface area contributed by atoms with Crippen LogP contribution < -0.4 is 5.32 Å². The molecule has 1 aromatic heterocycles. The normalized spacial score (nSPS) is 17.1. The molecule has 1 aliphatic rings. The van der Waals surface area contributed by atoms with E-state index < -0.39 is 0 Å². The molecule has 0 spiro atoms. The van der Waals surface area contributed by atoms with Crippen LogP contribution in [0.15, 0.2) is 42.7 Å². The van der Waals surface area contributed by atoms with Crippen molar-refractivity contribution >= 4 is 11.8 Å². The van der Waals surface area contributed by atoms with Gasteiger partial charge in [-0.25, -0.2) is 0 Å². The molecule has 1 saturated heterocycles. The maximum Gasteiger partial charge on any atom is 0.225 e. The molecule has 6 nitrogen and oxygen atoms in total. The Kier molecular flexibility index (Phi) is 5.71. The minimum Gasteiger partial charge on any atom is -0.352 e. The smallest absolute Gasteiger partial charge is 0.225 e. The lowest BCUT2D eigenvalue weighted by molar-refractivity contribution is -0.129. The SMILES string of the molecule is CC(C)CN1CC(C(=O)NCc2ccccc2Cn2cccn2)CC1=O. The maximum absolute atomic E-state index is 12.5. The summed E-state index contributed by atoms with van der Waals surface area (Å²) in [7, 11) is 0. The van der Waals surface area contributed by atoms with E-state index in [4.69, 9.17) is 0 Å². The molecular weight excluding hydrogens is 328 g/mol. The molecule has 1 atom stereocenters. The highest BCUT2D eigenvalue weighted by Gasteiger charge is 2.34. The van der Waals surface area contributed by atoms with Gasteiger partial charge in [-0.1, -0.05) is 38.1 Å². The van der Waals surface area contributed by atoms with E-state index in [9.17, 15) is 9.59 Å². The third-order valence-electron chi connectivity index (χ3n) is 4.63. The number of carbonyl (C=O) groups excluding carboxylic acids is 2. The summed E-state index contributed by atoms with van der Waals surface area (Å²) in [4.78, 5) is 26.4. The Balaban J connectivity index is 1.58. The number of aromatic nitrogens is 2. The fraction of sp³-hybridized carbons (Fsp3) is 0.450. The van der Waals surface area contributed by atoms with Crippen molar-refractivity contribution in [1.29, 1.82) is 0 Å². The van der Waals surface area contributed by atoms with Crippen molar-refractivity contribution in [2.24, 2.45) is 11.8 Å². The van der Waals surface area contributed by atoms with Gasteiger partial charge in [0, 0.05) is 38.4 Å². The monoisotopic (exact) mass is 354 g/mol. The summed E-state index contributed by atoms with van der Waals surface area (Å²) in [6.07, 6.45) is 3.99. The molecule has 0 aliphatic carbocycles. The largest absolute Gasteiger partial charge is 0.352 e. The second kappa shape index (κ2) is 8.17. The van der Waals surface area contributed by atoms with Crippen LogP contribution in [0.1, 0.15) is 31.4 Å². The molecule has 0 bridgehead atoms. The van der Waals surface area contributed by atoms with E-state index in [0.717, 1.165) is 17.7 Å². The maximum atomic E-state index is 12.5. The summed E-state index contributed by atoms with van der Waals surface area (Å²) in [5.74, 6) is 0.200.